The minimum Gasteiger partial charge on any atom is -0.378 e. The van der Waals surface area contributed by atoms with Crippen molar-refractivity contribution in [3.63, 3.8) is 0 Å². The molecule has 0 fully saturated rings. The van der Waals surface area contributed by atoms with Crippen molar-refractivity contribution in [1.29, 1.82) is 0 Å². The van der Waals surface area contributed by atoms with Gasteiger partial charge in [0.25, 0.3) is 20.2 Å². The molecule has 4 aromatic carbocycles. The van der Waals surface area contributed by atoms with Gasteiger partial charge in [-0.15, -0.1) is 15.3 Å². The maximum absolute atomic E-state index is 11.8. The number of hydrogen-bond acceptors (Lipinski definition) is 10. The van der Waals surface area contributed by atoms with Crippen molar-refractivity contribution >= 4 is 65.1 Å². The lowest BCUT2D eigenvalue weighted by atomic mass is 10.1. The van der Waals surface area contributed by atoms with Gasteiger partial charge in [-0.05, 0) is 61.5 Å². The lowest BCUT2D eigenvalue weighted by molar-refractivity contribution is 0.458. The third-order valence-electron chi connectivity index (χ3n) is 5.20. The summed E-state index contributed by atoms with van der Waals surface area (Å²) >= 11 is -2.79. The molecule has 16 heteroatoms. The van der Waals surface area contributed by atoms with Crippen molar-refractivity contribution in [2.24, 2.45) is 20.5 Å². The van der Waals surface area contributed by atoms with Gasteiger partial charge in [0, 0.05) is 10.8 Å². The van der Waals surface area contributed by atoms with Crippen LogP contribution < -0.4 is 4.18 Å². The number of aryl methyl sites for hydroxylation is 1. The smallest absolute Gasteiger partial charge is 0.357 e. The highest BCUT2D eigenvalue weighted by molar-refractivity contribution is 7.86. The van der Waals surface area contributed by atoms with Crippen LogP contribution in [0.5, 0.6) is 5.75 Å². The summed E-state index contributed by atoms with van der Waals surface area (Å²) in [6.45, 7) is 1.92. The molecule has 0 aliphatic rings. The third-order valence-corrected chi connectivity index (χ3v) is 7.22. The molecule has 0 radical (unpaired) electrons. The Morgan fingerprint density at radius 2 is 1.21 bits per heavy atom. The summed E-state index contributed by atoms with van der Waals surface area (Å²) in [4.78, 5) is -1.02. The molecule has 202 valence electrons. The Hall–Kier alpha value is -3.93. The Morgan fingerprint density at radius 3 is 1.82 bits per heavy atom. The van der Waals surface area contributed by atoms with Gasteiger partial charge in [-0.2, -0.15) is 26.2 Å². The van der Waals surface area contributed by atoms with Crippen LogP contribution in [0.2, 0.25) is 0 Å². The standard InChI is InChI=1S/C23H18N4O9S3/c1-14-2-4-15(5-3-14)24-25-20-9-10-21(19-12-16(38(30,31)32)6-8-18(19)20)26-27-22-13-17(39(33,34)35)7-11-23(22)36-37(28)29/h2-13H,1H3,(H,28,29)(H,30,31,32)(H,33,34,35). The minimum atomic E-state index is -4.66. The molecule has 39 heavy (non-hydrogen) atoms. The van der Waals surface area contributed by atoms with Gasteiger partial charge >= 0.3 is 11.4 Å². The molecule has 0 saturated heterocycles. The highest BCUT2D eigenvalue weighted by Gasteiger charge is 2.17. The normalized spacial score (nSPS) is 13.3. The first-order valence-electron chi connectivity index (χ1n) is 10.7. The maximum Gasteiger partial charge on any atom is 0.357 e. The van der Waals surface area contributed by atoms with Crippen LogP contribution in [0.1, 0.15) is 5.56 Å². The highest BCUT2D eigenvalue weighted by atomic mass is 32.2. The predicted molar refractivity (Wildman–Crippen MR) is 141 cm³/mol. The first kappa shape index (κ1) is 28.1. The van der Waals surface area contributed by atoms with Crippen molar-refractivity contribution in [3.8, 4) is 5.75 Å². The zero-order chi connectivity index (χ0) is 28.4. The molecular weight excluding hydrogens is 572 g/mol. The topological polar surface area (TPSA) is 205 Å². The van der Waals surface area contributed by atoms with E-state index in [0.29, 0.717) is 16.8 Å². The molecule has 4 rings (SSSR count). The van der Waals surface area contributed by atoms with Gasteiger partial charge in [-0.25, -0.2) is 0 Å². The van der Waals surface area contributed by atoms with Crippen LogP contribution in [0.25, 0.3) is 10.8 Å². The number of hydrogen-bond donors (Lipinski definition) is 3. The SMILES string of the molecule is Cc1ccc(N=Nc2ccc(N=Nc3cc(S(=O)(=O)O)ccc3OS(=O)O)c3cc(S(=O)(=O)O)ccc23)cc1. The first-order chi connectivity index (χ1) is 18.3. The van der Waals surface area contributed by atoms with Gasteiger partial charge in [0.15, 0.2) is 5.75 Å². The average molecular weight is 591 g/mol. The van der Waals surface area contributed by atoms with Crippen LogP contribution in [0.3, 0.4) is 0 Å². The van der Waals surface area contributed by atoms with Crippen molar-refractivity contribution in [3.05, 3.63) is 78.4 Å². The van der Waals surface area contributed by atoms with E-state index >= 15 is 0 Å². The Balaban J connectivity index is 1.85. The van der Waals surface area contributed by atoms with E-state index in [2.05, 4.69) is 20.5 Å². The van der Waals surface area contributed by atoms with Crippen LogP contribution in [0.4, 0.5) is 22.7 Å². The molecule has 0 aromatic heterocycles. The number of rotatable bonds is 8. The van der Waals surface area contributed by atoms with Crippen molar-refractivity contribution in [1.82, 2.24) is 0 Å². The zero-order valence-electron chi connectivity index (χ0n) is 19.7. The molecule has 0 heterocycles. The lowest BCUT2D eigenvalue weighted by Gasteiger charge is -2.08. The maximum atomic E-state index is 11.8. The molecule has 0 spiro atoms. The largest absolute Gasteiger partial charge is 0.378 e. The summed E-state index contributed by atoms with van der Waals surface area (Å²) < 4.78 is 90.5. The van der Waals surface area contributed by atoms with Crippen molar-refractivity contribution < 1.29 is 38.9 Å². The Bertz CT molecular complexity index is 1870. The third kappa shape index (κ3) is 6.94. The first-order valence-corrected chi connectivity index (χ1v) is 14.6. The summed E-state index contributed by atoms with van der Waals surface area (Å²) in [5, 5.41) is 16.9. The summed E-state index contributed by atoms with van der Waals surface area (Å²) in [5.41, 5.74) is 1.65. The molecule has 0 amide bonds. The van der Waals surface area contributed by atoms with Crippen LogP contribution in [0, 0.1) is 6.92 Å². The van der Waals surface area contributed by atoms with Gasteiger partial charge in [0.2, 0.25) is 0 Å². The van der Waals surface area contributed by atoms with Gasteiger partial charge in [-0.3, -0.25) is 13.7 Å². The van der Waals surface area contributed by atoms with E-state index in [-0.39, 0.29) is 22.5 Å². The highest BCUT2D eigenvalue weighted by Crippen LogP contribution is 2.38. The van der Waals surface area contributed by atoms with Gasteiger partial charge < -0.3 is 4.18 Å². The van der Waals surface area contributed by atoms with Crippen LogP contribution in [-0.4, -0.2) is 34.7 Å². The van der Waals surface area contributed by atoms with Crippen molar-refractivity contribution in [2.45, 2.75) is 16.7 Å². The van der Waals surface area contributed by atoms with E-state index in [1.807, 2.05) is 19.1 Å². The Labute approximate surface area is 224 Å². The van der Waals surface area contributed by atoms with E-state index in [0.717, 1.165) is 29.8 Å². The van der Waals surface area contributed by atoms with E-state index in [9.17, 15) is 30.1 Å². The molecular formula is C23H18N4O9S3. The molecule has 0 saturated carbocycles. The van der Waals surface area contributed by atoms with Gasteiger partial charge in [0.1, 0.15) is 5.69 Å². The van der Waals surface area contributed by atoms with Crippen LogP contribution >= 0.6 is 0 Å². The summed E-state index contributed by atoms with van der Waals surface area (Å²) in [7, 11) is -9.26. The second-order valence-electron chi connectivity index (χ2n) is 7.93. The summed E-state index contributed by atoms with van der Waals surface area (Å²) in [5.74, 6) is -0.335. The molecule has 0 aliphatic heterocycles. The summed E-state index contributed by atoms with van der Waals surface area (Å²) in [6, 6.07) is 16.7. The quantitative estimate of drug-likeness (QED) is 0.125. The fourth-order valence-corrected chi connectivity index (χ4v) is 4.65. The van der Waals surface area contributed by atoms with Gasteiger partial charge in [-0.1, -0.05) is 23.8 Å². The number of azo groups is 2. The molecule has 4 aromatic rings. The van der Waals surface area contributed by atoms with Gasteiger partial charge in [0.05, 0.1) is 26.9 Å². The van der Waals surface area contributed by atoms with Crippen molar-refractivity contribution in [2.75, 3.05) is 0 Å². The van der Waals surface area contributed by atoms with Crippen LogP contribution in [0.15, 0.2) is 103 Å². The molecule has 1 atom stereocenters. The molecule has 3 N–H and O–H groups in total. The molecule has 0 bridgehead atoms. The summed E-state index contributed by atoms with van der Waals surface area (Å²) in [6.07, 6.45) is 0. The molecule has 0 aliphatic carbocycles. The number of benzene rings is 4. The fraction of sp³-hybridized carbons (Fsp3) is 0.0435. The lowest BCUT2D eigenvalue weighted by Crippen LogP contribution is -2.00. The minimum absolute atomic E-state index is 0.0538. The predicted octanol–water partition coefficient (Wildman–Crippen LogP) is 5.99. The Kier molecular flexibility index (Phi) is 7.96. The monoisotopic (exact) mass is 590 g/mol. The van der Waals surface area contributed by atoms with E-state index < -0.39 is 41.4 Å². The number of nitrogens with zero attached hydrogens (tertiary/aromatic N) is 4. The second kappa shape index (κ2) is 11.0. The number of fused-ring (bicyclic) bond motifs is 1. The van der Waals surface area contributed by atoms with E-state index in [1.54, 1.807) is 12.1 Å². The second-order valence-corrected chi connectivity index (χ2v) is 11.4. The molecule has 1 unspecified atom stereocenters. The molecule has 13 nitrogen and oxygen atoms in total. The fourth-order valence-electron chi connectivity index (χ4n) is 3.34. The Morgan fingerprint density at radius 1 is 0.667 bits per heavy atom. The van der Waals surface area contributed by atoms with Crippen LogP contribution in [-0.2, 0) is 31.6 Å². The van der Waals surface area contributed by atoms with E-state index in [1.165, 1.54) is 24.3 Å². The van der Waals surface area contributed by atoms with E-state index in [4.69, 9.17) is 8.74 Å². The zero-order valence-corrected chi connectivity index (χ0v) is 22.2. The average Bonchev–Trinajstić information content (AvgIpc) is 2.86.